The van der Waals surface area contributed by atoms with Crippen LogP contribution in [0.5, 0.6) is 0 Å². The lowest BCUT2D eigenvalue weighted by atomic mass is 10.2. The maximum absolute atomic E-state index is 11.8. The van der Waals surface area contributed by atoms with E-state index in [0.717, 1.165) is 25.7 Å². The zero-order chi connectivity index (χ0) is 16.1. The number of hydrogen-bond acceptors (Lipinski definition) is 4. The minimum Gasteiger partial charge on any atom is -0.464 e. The molecule has 5 heteroatoms. The summed E-state index contributed by atoms with van der Waals surface area (Å²) in [5.74, 6) is -0.375. The van der Waals surface area contributed by atoms with Crippen LogP contribution in [0.2, 0.25) is 0 Å². The lowest BCUT2D eigenvalue weighted by molar-refractivity contribution is -0.148. The monoisotopic (exact) mass is 301 g/mol. The van der Waals surface area contributed by atoms with Gasteiger partial charge >= 0.3 is 12.1 Å². The van der Waals surface area contributed by atoms with Gasteiger partial charge in [-0.15, -0.1) is 0 Å². The second kappa shape index (κ2) is 12.5. The van der Waals surface area contributed by atoms with Gasteiger partial charge in [0.05, 0.1) is 13.2 Å². The average Bonchev–Trinajstić information content (AvgIpc) is 2.49. The molecule has 0 saturated carbocycles. The maximum atomic E-state index is 11.8. The minimum atomic E-state index is -0.616. The summed E-state index contributed by atoms with van der Waals surface area (Å²) < 4.78 is 10.3. The molecule has 0 aliphatic heterocycles. The molecular weight excluding hydrogens is 270 g/mol. The summed E-state index contributed by atoms with van der Waals surface area (Å²) in [6, 6.07) is -0.616. The molecule has 0 aromatic heterocycles. The third kappa shape index (κ3) is 9.32. The van der Waals surface area contributed by atoms with Crippen LogP contribution in [0.1, 0.15) is 65.7 Å². The highest BCUT2D eigenvalue weighted by Gasteiger charge is 2.24. The van der Waals surface area contributed by atoms with E-state index in [4.69, 9.17) is 9.47 Å². The van der Waals surface area contributed by atoms with Gasteiger partial charge < -0.3 is 9.47 Å². The van der Waals surface area contributed by atoms with Crippen molar-refractivity contribution in [2.45, 2.75) is 71.8 Å². The number of carbonyl (C=O) groups excluding carboxylic acids is 2. The molecule has 0 fully saturated rings. The van der Waals surface area contributed by atoms with Crippen LogP contribution in [0.3, 0.4) is 0 Å². The fourth-order valence-corrected chi connectivity index (χ4v) is 1.72. The van der Waals surface area contributed by atoms with Crippen molar-refractivity contribution in [3.63, 3.8) is 0 Å². The molecule has 0 aliphatic rings. The molecule has 0 saturated heterocycles. The first kappa shape index (κ1) is 19.7. The Bertz CT molecular complexity index is 294. The molecule has 0 aromatic carbocycles. The maximum Gasteiger partial charge on any atom is 0.410 e. The van der Waals surface area contributed by atoms with Gasteiger partial charge in [0.15, 0.2) is 0 Å². The molecule has 0 aromatic rings. The Morgan fingerprint density at radius 2 is 1.48 bits per heavy atom. The quantitative estimate of drug-likeness (QED) is 0.431. The molecule has 1 atom stereocenters. The number of hydrogen-bond donors (Lipinski definition) is 0. The summed E-state index contributed by atoms with van der Waals surface area (Å²) in [7, 11) is 1.56. The van der Waals surface area contributed by atoms with E-state index < -0.39 is 12.1 Å². The fourth-order valence-electron chi connectivity index (χ4n) is 1.72. The van der Waals surface area contributed by atoms with Crippen LogP contribution in [0, 0.1) is 0 Å². The molecule has 124 valence electrons. The van der Waals surface area contributed by atoms with Crippen molar-refractivity contribution in [3.05, 3.63) is 0 Å². The molecule has 0 spiro atoms. The molecule has 0 rings (SSSR count). The van der Waals surface area contributed by atoms with E-state index in [1.165, 1.54) is 24.2 Å². The van der Waals surface area contributed by atoms with Gasteiger partial charge in [-0.3, -0.25) is 4.90 Å². The van der Waals surface area contributed by atoms with Gasteiger partial charge in [-0.1, -0.05) is 46.0 Å². The highest BCUT2D eigenvalue weighted by Crippen LogP contribution is 2.05. The topological polar surface area (TPSA) is 55.8 Å². The number of carbonyl (C=O) groups is 2. The Labute approximate surface area is 129 Å². The first-order valence-corrected chi connectivity index (χ1v) is 8.10. The van der Waals surface area contributed by atoms with E-state index in [1.807, 2.05) is 6.92 Å². The first-order chi connectivity index (χ1) is 10.0. The predicted molar refractivity (Wildman–Crippen MR) is 83.2 cm³/mol. The van der Waals surface area contributed by atoms with Crippen LogP contribution in [0.25, 0.3) is 0 Å². The standard InChI is InChI=1S/C16H31NO4/c1-5-7-9-10-11-13-20-15(18)14(3)17(4)16(19)21-12-8-6-2/h14H,5-13H2,1-4H3. The van der Waals surface area contributed by atoms with Gasteiger partial charge in [0.25, 0.3) is 0 Å². The van der Waals surface area contributed by atoms with Gasteiger partial charge in [0.2, 0.25) is 0 Å². The van der Waals surface area contributed by atoms with Crippen molar-refractivity contribution in [3.8, 4) is 0 Å². The van der Waals surface area contributed by atoms with Gasteiger partial charge in [-0.25, -0.2) is 9.59 Å². The van der Waals surface area contributed by atoms with Gasteiger partial charge in [-0.05, 0) is 19.8 Å². The highest BCUT2D eigenvalue weighted by molar-refractivity contribution is 5.80. The summed E-state index contributed by atoms with van der Waals surface area (Å²) in [4.78, 5) is 24.8. The molecular formula is C16H31NO4. The zero-order valence-electron chi connectivity index (χ0n) is 14.0. The molecule has 21 heavy (non-hydrogen) atoms. The normalized spacial score (nSPS) is 11.8. The zero-order valence-corrected chi connectivity index (χ0v) is 14.0. The summed E-state index contributed by atoms with van der Waals surface area (Å²) in [5, 5.41) is 0. The van der Waals surface area contributed by atoms with Crippen molar-refractivity contribution in [2.75, 3.05) is 20.3 Å². The van der Waals surface area contributed by atoms with E-state index in [2.05, 4.69) is 6.92 Å². The summed E-state index contributed by atoms with van der Waals surface area (Å²) in [6.07, 6.45) is 6.86. The van der Waals surface area contributed by atoms with Crippen molar-refractivity contribution >= 4 is 12.1 Å². The van der Waals surface area contributed by atoms with E-state index in [9.17, 15) is 9.59 Å². The van der Waals surface area contributed by atoms with Crippen LogP contribution in [0.4, 0.5) is 4.79 Å². The van der Waals surface area contributed by atoms with E-state index in [0.29, 0.717) is 13.2 Å². The molecule has 0 bridgehead atoms. The van der Waals surface area contributed by atoms with Crippen LogP contribution in [-0.4, -0.2) is 43.3 Å². The Morgan fingerprint density at radius 1 is 0.905 bits per heavy atom. The van der Waals surface area contributed by atoms with Crippen molar-refractivity contribution in [1.29, 1.82) is 0 Å². The third-order valence-electron chi connectivity index (χ3n) is 3.43. The largest absolute Gasteiger partial charge is 0.464 e. The average molecular weight is 301 g/mol. The smallest absolute Gasteiger partial charge is 0.410 e. The van der Waals surface area contributed by atoms with Crippen LogP contribution < -0.4 is 0 Å². The number of rotatable bonds is 11. The van der Waals surface area contributed by atoms with Crippen molar-refractivity contribution in [2.24, 2.45) is 0 Å². The highest BCUT2D eigenvalue weighted by atomic mass is 16.6. The predicted octanol–water partition coefficient (Wildman–Crippen LogP) is 3.76. The molecule has 5 nitrogen and oxygen atoms in total. The van der Waals surface area contributed by atoms with Crippen molar-refractivity contribution in [1.82, 2.24) is 4.90 Å². The number of ether oxygens (including phenoxy) is 2. The molecule has 0 radical (unpaired) electrons. The summed E-state index contributed by atoms with van der Waals surface area (Å²) in [6.45, 7) is 6.65. The summed E-state index contributed by atoms with van der Waals surface area (Å²) >= 11 is 0. The Kier molecular flexibility index (Phi) is 11.7. The number of unbranched alkanes of at least 4 members (excludes halogenated alkanes) is 5. The van der Waals surface area contributed by atoms with E-state index in [-0.39, 0.29) is 5.97 Å². The minimum absolute atomic E-state index is 0.375. The lowest BCUT2D eigenvalue weighted by Crippen LogP contribution is -2.41. The Morgan fingerprint density at radius 3 is 2.10 bits per heavy atom. The second-order valence-corrected chi connectivity index (χ2v) is 5.34. The number of esters is 1. The molecule has 0 heterocycles. The van der Waals surface area contributed by atoms with Crippen molar-refractivity contribution < 1.29 is 19.1 Å². The third-order valence-corrected chi connectivity index (χ3v) is 3.43. The van der Waals surface area contributed by atoms with E-state index >= 15 is 0 Å². The lowest BCUT2D eigenvalue weighted by Gasteiger charge is -2.22. The first-order valence-electron chi connectivity index (χ1n) is 8.10. The van der Waals surface area contributed by atoms with Crippen LogP contribution in [0.15, 0.2) is 0 Å². The van der Waals surface area contributed by atoms with Crippen LogP contribution in [-0.2, 0) is 14.3 Å². The Balaban J connectivity index is 3.87. The fraction of sp³-hybridized carbons (Fsp3) is 0.875. The number of nitrogens with zero attached hydrogens (tertiary/aromatic N) is 1. The second-order valence-electron chi connectivity index (χ2n) is 5.34. The molecule has 0 aliphatic carbocycles. The van der Waals surface area contributed by atoms with Gasteiger partial charge in [0, 0.05) is 7.05 Å². The molecule has 1 amide bonds. The Hall–Kier alpha value is -1.26. The molecule has 0 N–H and O–H groups in total. The molecule has 1 unspecified atom stereocenters. The SMILES string of the molecule is CCCCCCCOC(=O)C(C)N(C)C(=O)OCCCC. The van der Waals surface area contributed by atoms with Crippen LogP contribution >= 0.6 is 0 Å². The van der Waals surface area contributed by atoms with Gasteiger partial charge in [0.1, 0.15) is 6.04 Å². The number of likely N-dealkylation sites (N-methyl/N-ethyl adjacent to an activating group) is 1. The van der Waals surface area contributed by atoms with E-state index in [1.54, 1.807) is 14.0 Å². The number of amides is 1. The van der Waals surface area contributed by atoms with Gasteiger partial charge in [-0.2, -0.15) is 0 Å². The summed E-state index contributed by atoms with van der Waals surface area (Å²) in [5.41, 5.74) is 0.